The second kappa shape index (κ2) is 14.3. The highest BCUT2D eigenvalue weighted by Gasteiger charge is 2.60. The van der Waals surface area contributed by atoms with Gasteiger partial charge in [0.2, 0.25) is 23.5 Å². The van der Waals surface area contributed by atoms with Gasteiger partial charge in [0.05, 0.1) is 23.9 Å². The van der Waals surface area contributed by atoms with Crippen LogP contribution in [0.2, 0.25) is 5.02 Å². The first kappa shape index (κ1) is 34.5. The van der Waals surface area contributed by atoms with Crippen molar-refractivity contribution in [2.75, 3.05) is 13.7 Å². The van der Waals surface area contributed by atoms with Crippen molar-refractivity contribution in [1.29, 1.82) is 0 Å². The average molecular weight is 683 g/mol. The molecular formula is C36H47ClN4O7. The van der Waals surface area contributed by atoms with Crippen LogP contribution in [0.5, 0.6) is 0 Å². The SMILES string of the molecule is CCC(=O)C(=O)[C@H](CC1CC1)NC(=O)[C@@H]1C[C@]2(CC(c3cccc(Cl)c3)=NO2)CN1C(=O)[C@@H](NC(=O)CC1CCCCC1)C1(OC)CC1. The van der Waals surface area contributed by atoms with Crippen LogP contribution >= 0.6 is 11.6 Å². The molecule has 2 heterocycles. The van der Waals surface area contributed by atoms with Gasteiger partial charge in [0.15, 0.2) is 11.4 Å². The maximum Gasteiger partial charge on any atom is 0.248 e. The molecule has 2 N–H and O–H groups in total. The van der Waals surface area contributed by atoms with Gasteiger partial charge in [-0.2, -0.15) is 0 Å². The minimum atomic E-state index is -1.02. The van der Waals surface area contributed by atoms with E-state index in [2.05, 4.69) is 15.8 Å². The van der Waals surface area contributed by atoms with Crippen molar-refractivity contribution in [3.05, 3.63) is 34.9 Å². The second-order valence-corrected chi connectivity index (χ2v) is 15.0. The predicted octanol–water partition coefficient (Wildman–Crippen LogP) is 4.27. The summed E-state index contributed by atoms with van der Waals surface area (Å²) in [7, 11) is 1.54. The maximum absolute atomic E-state index is 14.7. The molecule has 4 atom stereocenters. The normalized spacial score (nSPS) is 25.9. The number of hydrogen-bond donors (Lipinski definition) is 2. The van der Waals surface area contributed by atoms with E-state index in [0.29, 0.717) is 42.8 Å². The van der Waals surface area contributed by atoms with E-state index in [1.165, 1.54) is 11.3 Å². The Morgan fingerprint density at radius 2 is 1.81 bits per heavy atom. The molecule has 48 heavy (non-hydrogen) atoms. The first-order valence-corrected chi connectivity index (χ1v) is 18.0. The molecule has 2 aliphatic heterocycles. The number of benzene rings is 1. The number of rotatable bonds is 14. The fourth-order valence-corrected chi connectivity index (χ4v) is 7.89. The molecule has 5 aliphatic rings. The Bertz CT molecular complexity index is 1470. The van der Waals surface area contributed by atoms with Crippen LogP contribution in [0, 0.1) is 11.8 Å². The summed E-state index contributed by atoms with van der Waals surface area (Å²) in [6.07, 6.45) is 9.64. The molecule has 3 saturated carbocycles. The fourth-order valence-electron chi connectivity index (χ4n) is 7.70. The molecule has 0 unspecified atom stereocenters. The Hall–Kier alpha value is -3.31. The number of nitrogens with zero attached hydrogens (tertiary/aromatic N) is 2. The van der Waals surface area contributed by atoms with Crippen LogP contribution in [-0.2, 0) is 33.5 Å². The van der Waals surface area contributed by atoms with Gasteiger partial charge >= 0.3 is 0 Å². The van der Waals surface area contributed by atoms with Gasteiger partial charge in [-0.15, -0.1) is 0 Å². The third-order valence-corrected chi connectivity index (χ3v) is 11.1. The van der Waals surface area contributed by atoms with Crippen molar-refractivity contribution in [1.82, 2.24) is 15.5 Å². The van der Waals surface area contributed by atoms with Gasteiger partial charge in [0, 0.05) is 43.4 Å². The smallest absolute Gasteiger partial charge is 0.248 e. The molecule has 11 nitrogen and oxygen atoms in total. The lowest BCUT2D eigenvalue weighted by molar-refractivity contribution is -0.147. The first-order valence-electron chi connectivity index (χ1n) is 17.6. The topological polar surface area (TPSA) is 143 Å². The monoisotopic (exact) mass is 682 g/mol. The molecule has 3 amide bonds. The zero-order chi connectivity index (χ0) is 34.1. The second-order valence-electron chi connectivity index (χ2n) is 14.5. The number of ether oxygens (including phenoxy) is 1. The number of ketones is 2. The maximum atomic E-state index is 14.7. The van der Waals surface area contributed by atoms with Crippen molar-refractivity contribution in [2.24, 2.45) is 17.0 Å². The summed E-state index contributed by atoms with van der Waals surface area (Å²) in [6.45, 7) is 1.67. The largest absolute Gasteiger partial charge is 0.387 e. The van der Waals surface area contributed by atoms with Crippen LogP contribution in [-0.4, -0.2) is 82.9 Å². The Labute approximate surface area is 286 Å². The summed E-state index contributed by atoms with van der Waals surface area (Å²) in [5.74, 6) is -1.76. The van der Waals surface area contributed by atoms with E-state index in [0.717, 1.165) is 44.1 Å². The van der Waals surface area contributed by atoms with Crippen LogP contribution in [0.3, 0.4) is 0 Å². The van der Waals surface area contributed by atoms with Crippen LogP contribution in [0.1, 0.15) is 102 Å². The number of nitrogens with one attached hydrogen (secondary N) is 2. The Morgan fingerprint density at radius 1 is 1.06 bits per heavy atom. The molecule has 3 aliphatic carbocycles. The average Bonchev–Trinajstić information content (AvgIpc) is 4.01. The summed E-state index contributed by atoms with van der Waals surface area (Å²) >= 11 is 6.25. The van der Waals surface area contributed by atoms with E-state index < -0.39 is 52.7 Å². The highest BCUT2D eigenvalue weighted by atomic mass is 35.5. The summed E-state index contributed by atoms with van der Waals surface area (Å²) < 4.78 is 5.86. The molecule has 1 saturated heterocycles. The Balaban J connectivity index is 1.26. The van der Waals surface area contributed by atoms with Crippen molar-refractivity contribution in [3.8, 4) is 0 Å². The number of Topliss-reactive ketones (excluding diaryl/α,β-unsaturated/α-hetero) is 2. The molecule has 1 aromatic carbocycles. The van der Waals surface area contributed by atoms with Crippen LogP contribution in [0.25, 0.3) is 0 Å². The highest BCUT2D eigenvalue weighted by molar-refractivity contribution is 6.39. The summed E-state index contributed by atoms with van der Waals surface area (Å²) in [5.41, 5.74) is -0.449. The molecule has 0 aromatic heterocycles. The number of oxime groups is 1. The van der Waals surface area contributed by atoms with Gasteiger partial charge in [0.25, 0.3) is 0 Å². The quantitative estimate of drug-likeness (QED) is 0.279. The Kier molecular flexibility index (Phi) is 10.3. The number of halogens is 1. The molecule has 1 spiro atoms. The molecule has 4 fully saturated rings. The first-order chi connectivity index (χ1) is 23.0. The van der Waals surface area contributed by atoms with E-state index in [-0.39, 0.29) is 37.1 Å². The summed E-state index contributed by atoms with van der Waals surface area (Å²) in [4.78, 5) is 75.3. The minimum absolute atomic E-state index is 0.0431. The van der Waals surface area contributed by atoms with Crippen molar-refractivity contribution >= 4 is 46.6 Å². The van der Waals surface area contributed by atoms with E-state index in [9.17, 15) is 24.0 Å². The number of methoxy groups -OCH3 is 1. The lowest BCUT2D eigenvalue weighted by atomic mass is 9.86. The van der Waals surface area contributed by atoms with Crippen LogP contribution in [0.15, 0.2) is 29.4 Å². The molecule has 6 rings (SSSR count). The number of carbonyl (C=O) groups is 5. The third-order valence-electron chi connectivity index (χ3n) is 10.9. The Morgan fingerprint density at radius 3 is 2.46 bits per heavy atom. The third kappa shape index (κ3) is 7.62. The van der Waals surface area contributed by atoms with Gasteiger partial charge in [-0.05, 0) is 56.1 Å². The van der Waals surface area contributed by atoms with Gasteiger partial charge in [-0.25, -0.2) is 0 Å². The molecule has 260 valence electrons. The van der Waals surface area contributed by atoms with E-state index in [4.69, 9.17) is 21.2 Å². The van der Waals surface area contributed by atoms with Crippen molar-refractivity contribution in [2.45, 2.75) is 126 Å². The van der Waals surface area contributed by atoms with E-state index in [1.807, 2.05) is 12.1 Å². The predicted molar refractivity (Wildman–Crippen MR) is 178 cm³/mol. The lowest BCUT2D eigenvalue weighted by Crippen LogP contribution is -2.60. The minimum Gasteiger partial charge on any atom is -0.387 e. The standard InChI is InChI=1S/C36H47ClN4O7/c1-3-29(42)31(44)26(16-23-12-13-23)38-33(45)28-20-35(19-27(40-48-35)24-10-7-11-25(37)18-24)21-41(28)34(46)32(36(47-2)14-15-36)39-30(43)17-22-8-5-4-6-9-22/h7,10-11,18,22-23,26,28,32H,3-6,8-9,12-17,19-21H2,1-2H3,(H,38,45)(H,39,43)/t26-,28-,32+,35+/m0/s1. The molecule has 1 aromatic rings. The fraction of sp³-hybridized carbons (Fsp3) is 0.667. The van der Waals surface area contributed by atoms with Gasteiger partial charge in [-0.1, -0.05) is 67.9 Å². The van der Waals surface area contributed by atoms with E-state index >= 15 is 0 Å². The molecule has 0 radical (unpaired) electrons. The highest BCUT2D eigenvalue weighted by Crippen LogP contribution is 2.45. The lowest BCUT2D eigenvalue weighted by Gasteiger charge is -2.33. The molecule has 12 heteroatoms. The number of carbonyl (C=O) groups excluding carboxylic acids is 5. The summed E-state index contributed by atoms with van der Waals surface area (Å²) in [6, 6.07) is 4.27. The zero-order valence-electron chi connectivity index (χ0n) is 27.9. The van der Waals surface area contributed by atoms with Gasteiger partial charge in [0.1, 0.15) is 12.1 Å². The van der Waals surface area contributed by atoms with Gasteiger partial charge in [-0.3, -0.25) is 24.0 Å². The van der Waals surface area contributed by atoms with Crippen molar-refractivity contribution in [3.63, 3.8) is 0 Å². The van der Waals surface area contributed by atoms with Gasteiger partial charge < -0.3 is 25.1 Å². The zero-order valence-corrected chi connectivity index (χ0v) is 28.7. The number of likely N-dealkylation sites (tertiary alicyclic amines) is 1. The molecular weight excluding hydrogens is 636 g/mol. The number of amides is 3. The summed E-state index contributed by atoms with van der Waals surface area (Å²) in [5, 5.41) is 10.8. The van der Waals surface area contributed by atoms with Crippen LogP contribution < -0.4 is 10.6 Å². The van der Waals surface area contributed by atoms with Crippen molar-refractivity contribution < 1.29 is 33.5 Å². The van der Waals surface area contributed by atoms with E-state index in [1.54, 1.807) is 26.2 Å². The molecule has 0 bridgehead atoms. The number of hydrogen-bond acceptors (Lipinski definition) is 8. The van der Waals surface area contributed by atoms with Crippen LogP contribution in [0.4, 0.5) is 0 Å².